The number of nitrogens with two attached hydrogens (primary N) is 1. The van der Waals surface area contributed by atoms with Crippen molar-refractivity contribution in [2.24, 2.45) is 5.73 Å². The molecule has 0 aromatic heterocycles. The van der Waals surface area contributed by atoms with Gasteiger partial charge in [0.1, 0.15) is 0 Å². The van der Waals surface area contributed by atoms with Crippen LogP contribution in [0.2, 0.25) is 0 Å². The van der Waals surface area contributed by atoms with Crippen LogP contribution in [0.1, 0.15) is 13.8 Å². The molecule has 0 saturated heterocycles. The molecule has 0 aromatic carbocycles. The summed E-state index contributed by atoms with van der Waals surface area (Å²) in [6.07, 6.45) is 1.41. The maximum Gasteiger partial charge on any atom is 0.0916 e. The molecule has 0 heterocycles. The van der Waals surface area contributed by atoms with Crippen molar-refractivity contribution in [1.29, 1.82) is 0 Å². The fourth-order valence-corrected chi connectivity index (χ4v) is 0.368. The first-order chi connectivity index (χ1) is 4.16. The smallest absolute Gasteiger partial charge is 0.0916 e. The Morgan fingerprint density at radius 2 is 2.44 bits per heavy atom. The molecular formula is C6H14N2O. The van der Waals surface area contributed by atoms with E-state index in [-0.39, 0.29) is 6.10 Å². The Balaban J connectivity index is 3.28. The highest BCUT2D eigenvalue weighted by atomic mass is 16.3. The molecule has 1 atom stereocenters. The van der Waals surface area contributed by atoms with Gasteiger partial charge in [-0.15, -0.1) is 0 Å². The number of aliphatic hydroxyl groups excluding tert-OH is 1. The van der Waals surface area contributed by atoms with Gasteiger partial charge < -0.3 is 16.2 Å². The highest BCUT2D eigenvalue weighted by Gasteiger charge is 1.92. The molecule has 3 nitrogen and oxygen atoms in total. The Morgan fingerprint density at radius 1 is 1.89 bits per heavy atom. The van der Waals surface area contributed by atoms with Crippen LogP contribution in [-0.2, 0) is 0 Å². The first-order valence-corrected chi connectivity index (χ1v) is 3.00. The Kier molecular flexibility index (Phi) is 3.88. The summed E-state index contributed by atoms with van der Waals surface area (Å²) in [5.74, 6) is 0.607. The summed E-state index contributed by atoms with van der Waals surface area (Å²) in [4.78, 5) is 0. The molecule has 3 heteroatoms. The van der Waals surface area contributed by atoms with Crippen LogP contribution in [0.5, 0.6) is 0 Å². The van der Waals surface area contributed by atoms with Gasteiger partial charge in [-0.25, -0.2) is 0 Å². The van der Waals surface area contributed by atoms with Crippen LogP contribution in [0, 0.1) is 0 Å². The molecule has 9 heavy (non-hydrogen) atoms. The van der Waals surface area contributed by atoms with Crippen molar-refractivity contribution >= 4 is 0 Å². The molecule has 0 aromatic rings. The molecule has 0 radical (unpaired) electrons. The second-order valence-corrected chi connectivity index (χ2v) is 1.97. The van der Waals surface area contributed by atoms with Crippen LogP contribution < -0.4 is 11.1 Å². The maximum atomic E-state index is 8.75. The van der Waals surface area contributed by atoms with E-state index >= 15 is 0 Å². The van der Waals surface area contributed by atoms with E-state index in [0.29, 0.717) is 12.4 Å². The van der Waals surface area contributed by atoms with Crippen LogP contribution in [0.15, 0.2) is 11.9 Å². The molecular weight excluding hydrogens is 116 g/mol. The van der Waals surface area contributed by atoms with Gasteiger partial charge in [0.25, 0.3) is 0 Å². The van der Waals surface area contributed by atoms with E-state index in [9.17, 15) is 0 Å². The van der Waals surface area contributed by atoms with Gasteiger partial charge in [-0.3, -0.25) is 0 Å². The first-order valence-electron chi connectivity index (χ1n) is 3.00. The third kappa shape index (κ3) is 5.17. The summed E-state index contributed by atoms with van der Waals surface area (Å²) >= 11 is 0. The average Bonchev–Trinajstić information content (AvgIpc) is 1.83. The van der Waals surface area contributed by atoms with Gasteiger partial charge in [0.05, 0.1) is 11.9 Å². The number of nitrogens with one attached hydrogen (secondary N) is 1. The number of allylic oxidation sites excluding steroid dienone is 1. The molecule has 0 aliphatic heterocycles. The molecule has 0 saturated carbocycles. The molecule has 0 rings (SSSR count). The van der Waals surface area contributed by atoms with Gasteiger partial charge in [0.15, 0.2) is 0 Å². The van der Waals surface area contributed by atoms with Crippen molar-refractivity contribution in [3.63, 3.8) is 0 Å². The third-order valence-corrected chi connectivity index (χ3v) is 0.913. The first kappa shape index (κ1) is 8.30. The van der Waals surface area contributed by atoms with Crippen LogP contribution in [0.4, 0.5) is 0 Å². The van der Waals surface area contributed by atoms with Crippen molar-refractivity contribution in [3.8, 4) is 0 Å². The van der Waals surface area contributed by atoms with Crippen LogP contribution in [0.25, 0.3) is 0 Å². The van der Waals surface area contributed by atoms with E-state index in [1.807, 2.05) is 6.92 Å². The number of rotatable bonds is 3. The third-order valence-electron chi connectivity index (χ3n) is 0.913. The normalized spacial score (nSPS) is 15.2. The molecule has 54 valence electrons. The minimum atomic E-state index is -0.344. The van der Waals surface area contributed by atoms with Crippen molar-refractivity contribution in [2.75, 3.05) is 6.54 Å². The summed E-state index contributed by atoms with van der Waals surface area (Å²) in [7, 11) is 0. The fraction of sp³-hybridized carbons (Fsp3) is 0.667. The van der Waals surface area contributed by atoms with E-state index in [2.05, 4.69) is 5.32 Å². The highest BCUT2D eigenvalue weighted by Crippen LogP contribution is 1.78. The van der Waals surface area contributed by atoms with Crippen molar-refractivity contribution in [2.45, 2.75) is 20.0 Å². The minimum absolute atomic E-state index is 0.344. The molecule has 0 spiro atoms. The van der Waals surface area contributed by atoms with Gasteiger partial charge in [-0.05, 0) is 19.9 Å². The molecule has 0 bridgehead atoms. The van der Waals surface area contributed by atoms with Crippen molar-refractivity contribution in [3.05, 3.63) is 11.9 Å². The quantitative estimate of drug-likeness (QED) is 0.495. The lowest BCUT2D eigenvalue weighted by atomic mass is 10.4. The van der Waals surface area contributed by atoms with Gasteiger partial charge in [-0.2, -0.15) is 0 Å². The number of hydrogen-bond donors (Lipinski definition) is 3. The monoisotopic (exact) mass is 130 g/mol. The van der Waals surface area contributed by atoms with Crippen molar-refractivity contribution in [1.82, 2.24) is 5.32 Å². The largest absolute Gasteiger partial charge is 0.392 e. The van der Waals surface area contributed by atoms with Gasteiger partial charge >= 0.3 is 0 Å². The topological polar surface area (TPSA) is 58.3 Å². The van der Waals surface area contributed by atoms with E-state index in [1.54, 1.807) is 13.0 Å². The zero-order chi connectivity index (χ0) is 7.28. The summed E-state index contributed by atoms with van der Waals surface area (Å²) in [5, 5.41) is 11.6. The molecule has 1 unspecified atom stereocenters. The van der Waals surface area contributed by atoms with Gasteiger partial charge in [-0.1, -0.05) is 0 Å². The zero-order valence-corrected chi connectivity index (χ0v) is 5.89. The SMILES string of the molecule is CC=C(N)NCC(C)O. The second kappa shape index (κ2) is 4.21. The summed E-state index contributed by atoms with van der Waals surface area (Å²) in [5.41, 5.74) is 5.36. The summed E-state index contributed by atoms with van der Waals surface area (Å²) in [6.45, 7) is 4.05. The predicted molar refractivity (Wildman–Crippen MR) is 37.6 cm³/mol. The highest BCUT2D eigenvalue weighted by molar-refractivity contribution is 4.90. The van der Waals surface area contributed by atoms with Crippen molar-refractivity contribution < 1.29 is 5.11 Å². The van der Waals surface area contributed by atoms with Crippen LogP contribution in [-0.4, -0.2) is 17.8 Å². The molecule has 0 aliphatic carbocycles. The molecule has 4 N–H and O–H groups in total. The minimum Gasteiger partial charge on any atom is -0.392 e. The summed E-state index contributed by atoms with van der Waals surface area (Å²) < 4.78 is 0. The summed E-state index contributed by atoms with van der Waals surface area (Å²) in [6, 6.07) is 0. The Bertz CT molecular complexity index is 99.2. The maximum absolute atomic E-state index is 8.75. The number of aliphatic hydroxyl groups is 1. The van der Waals surface area contributed by atoms with E-state index < -0.39 is 0 Å². The Hall–Kier alpha value is -0.700. The van der Waals surface area contributed by atoms with E-state index in [4.69, 9.17) is 10.8 Å². The average molecular weight is 130 g/mol. The lowest BCUT2D eigenvalue weighted by molar-refractivity contribution is 0.195. The molecule has 0 amide bonds. The molecule has 0 aliphatic rings. The fourth-order valence-electron chi connectivity index (χ4n) is 0.368. The van der Waals surface area contributed by atoms with Gasteiger partial charge in [0.2, 0.25) is 0 Å². The van der Waals surface area contributed by atoms with Crippen LogP contribution >= 0.6 is 0 Å². The Labute approximate surface area is 55.6 Å². The standard InChI is InChI=1S/C6H14N2O/c1-3-6(7)8-4-5(2)9/h3,5,8-9H,4,7H2,1-2H3. The number of hydrogen-bond acceptors (Lipinski definition) is 3. The Morgan fingerprint density at radius 3 is 2.78 bits per heavy atom. The predicted octanol–water partition coefficient (Wildman–Crippen LogP) is -0.223. The molecule has 0 fully saturated rings. The lowest BCUT2D eigenvalue weighted by Gasteiger charge is -2.06. The van der Waals surface area contributed by atoms with E-state index in [0.717, 1.165) is 0 Å². The lowest BCUT2D eigenvalue weighted by Crippen LogP contribution is -2.27. The van der Waals surface area contributed by atoms with Crippen LogP contribution in [0.3, 0.4) is 0 Å². The van der Waals surface area contributed by atoms with E-state index in [1.165, 1.54) is 0 Å². The van der Waals surface area contributed by atoms with Gasteiger partial charge in [0, 0.05) is 6.54 Å². The zero-order valence-electron chi connectivity index (χ0n) is 5.89. The second-order valence-electron chi connectivity index (χ2n) is 1.97.